The van der Waals surface area contributed by atoms with E-state index in [4.69, 9.17) is 16.1 Å². The third kappa shape index (κ3) is 5.59. The van der Waals surface area contributed by atoms with Gasteiger partial charge in [0.05, 0.1) is 11.4 Å². The Morgan fingerprint density at radius 3 is 2.88 bits per heavy atom. The van der Waals surface area contributed by atoms with E-state index >= 15 is 0 Å². The summed E-state index contributed by atoms with van der Waals surface area (Å²) in [5.41, 5.74) is 0. The standard InChI is InChI=1S/C17H16ClN3O2S2/c18-12-5-7-13(8-6-12)24-9-2-4-15(22)19-11-16-20-17(21-23-16)14-3-1-10-25-14/h1,3,5-8,10H,2,4,9,11H2,(H,19,22). The number of hydrogen-bond donors (Lipinski definition) is 1. The second-order valence-electron chi connectivity index (χ2n) is 5.17. The molecule has 1 aromatic carbocycles. The molecule has 0 fully saturated rings. The van der Waals surface area contributed by atoms with Gasteiger partial charge < -0.3 is 9.84 Å². The number of aromatic nitrogens is 2. The van der Waals surface area contributed by atoms with Gasteiger partial charge in [-0.15, -0.1) is 23.1 Å². The van der Waals surface area contributed by atoms with Crippen molar-refractivity contribution in [2.45, 2.75) is 24.3 Å². The molecule has 0 aliphatic heterocycles. The van der Waals surface area contributed by atoms with E-state index in [1.807, 2.05) is 41.8 Å². The van der Waals surface area contributed by atoms with E-state index in [-0.39, 0.29) is 12.5 Å². The first-order chi connectivity index (χ1) is 12.2. The summed E-state index contributed by atoms with van der Waals surface area (Å²) in [4.78, 5) is 18.2. The van der Waals surface area contributed by atoms with Crippen LogP contribution in [0.2, 0.25) is 5.02 Å². The first-order valence-electron chi connectivity index (χ1n) is 7.72. The Morgan fingerprint density at radius 1 is 1.28 bits per heavy atom. The minimum Gasteiger partial charge on any atom is -0.347 e. The zero-order valence-corrected chi connectivity index (χ0v) is 15.7. The Kier molecular flexibility index (Phi) is 6.49. The van der Waals surface area contributed by atoms with Crippen LogP contribution in [0.15, 0.2) is 51.2 Å². The molecule has 0 spiro atoms. The summed E-state index contributed by atoms with van der Waals surface area (Å²) in [6.07, 6.45) is 1.26. The fourth-order valence-electron chi connectivity index (χ4n) is 2.05. The Bertz CT molecular complexity index is 804. The Balaban J connectivity index is 1.35. The summed E-state index contributed by atoms with van der Waals surface area (Å²) in [6, 6.07) is 11.6. The molecule has 0 radical (unpaired) electrons. The number of nitrogens with zero attached hydrogens (tertiary/aromatic N) is 2. The average Bonchev–Trinajstić information content (AvgIpc) is 3.29. The third-order valence-electron chi connectivity index (χ3n) is 3.28. The van der Waals surface area contributed by atoms with Gasteiger partial charge in [-0.25, -0.2) is 0 Å². The zero-order chi connectivity index (χ0) is 17.5. The number of benzene rings is 1. The highest BCUT2D eigenvalue weighted by atomic mass is 35.5. The Labute approximate surface area is 158 Å². The van der Waals surface area contributed by atoms with Crippen molar-refractivity contribution in [1.29, 1.82) is 0 Å². The first kappa shape index (κ1) is 18.0. The molecular formula is C17H16ClN3O2S2. The summed E-state index contributed by atoms with van der Waals surface area (Å²) in [5.74, 6) is 1.82. The van der Waals surface area contributed by atoms with Gasteiger partial charge in [0.25, 0.3) is 0 Å². The molecule has 3 rings (SSSR count). The molecule has 2 heterocycles. The van der Waals surface area contributed by atoms with Crippen LogP contribution in [0.25, 0.3) is 10.7 Å². The number of nitrogens with one attached hydrogen (secondary N) is 1. The highest BCUT2D eigenvalue weighted by molar-refractivity contribution is 7.99. The van der Waals surface area contributed by atoms with Gasteiger partial charge in [-0.05, 0) is 47.9 Å². The molecule has 1 N–H and O–H groups in total. The van der Waals surface area contributed by atoms with Crippen molar-refractivity contribution in [2.24, 2.45) is 0 Å². The smallest absolute Gasteiger partial charge is 0.246 e. The Hall–Kier alpha value is -1.83. The van der Waals surface area contributed by atoms with Crippen LogP contribution < -0.4 is 5.32 Å². The molecule has 0 atom stereocenters. The minimum absolute atomic E-state index is 0.0208. The van der Waals surface area contributed by atoms with Crippen molar-refractivity contribution in [1.82, 2.24) is 15.5 Å². The number of halogens is 1. The van der Waals surface area contributed by atoms with Crippen LogP contribution in [0, 0.1) is 0 Å². The van der Waals surface area contributed by atoms with Gasteiger partial charge in [0.2, 0.25) is 17.6 Å². The van der Waals surface area contributed by atoms with E-state index in [0.717, 1.165) is 27.0 Å². The van der Waals surface area contributed by atoms with E-state index in [9.17, 15) is 4.79 Å². The maximum absolute atomic E-state index is 11.9. The van der Waals surface area contributed by atoms with Gasteiger partial charge in [0, 0.05) is 16.3 Å². The Morgan fingerprint density at radius 2 is 2.12 bits per heavy atom. The fraction of sp³-hybridized carbons (Fsp3) is 0.235. The molecule has 3 aromatic rings. The van der Waals surface area contributed by atoms with E-state index in [1.54, 1.807) is 23.1 Å². The number of amides is 1. The van der Waals surface area contributed by atoms with Crippen molar-refractivity contribution >= 4 is 40.6 Å². The number of carbonyl (C=O) groups is 1. The van der Waals surface area contributed by atoms with Crippen molar-refractivity contribution in [2.75, 3.05) is 5.75 Å². The van der Waals surface area contributed by atoms with Crippen LogP contribution in [0.5, 0.6) is 0 Å². The predicted octanol–water partition coefficient (Wildman–Crippen LogP) is 4.64. The van der Waals surface area contributed by atoms with Crippen LogP contribution in [-0.2, 0) is 11.3 Å². The molecule has 5 nitrogen and oxygen atoms in total. The van der Waals surface area contributed by atoms with Crippen molar-refractivity contribution in [3.8, 4) is 10.7 Å². The maximum Gasteiger partial charge on any atom is 0.246 e. The van der Waals surface area contributed by atoms with Crippen LogP contribution in [0.3, 0.4) is 0 Å². The van der Waals surface area contributed by atoms with Crippen LogP contribution >= 0.6 is 34.7 Å². The second-order valence-corrected chi connectivity index (χ2v) is 7.72. The SMILES string of the molecule is O=C(CCCSc1ccc(Cl)cc1)NCc1nc(-c2cccs2)no1. The molecule has 0 bridgehead atoms. The molecule has 25 heavy (non-hydrogen) atoms. The molecule has 0 saturated heterocycles. The lowest BCUT2D eigenvalue weighted by Gasteiger charge is -2.03. The molecule has 0 aliphatic carbocycles. The van der Waals surface area contributed by atoms with E-state index in [0.29, 0.717) is 18.1 Å². The van der Waals surface area contributed by atoms with Crippen LogP contribution in [0.1, 0.15) is 18.7 Å². The summed E-state index contributed by atoms with van der Waals surface area (Å²) < 4.78 is 5.15. The van der Waals surface area contributed by atoms with Gasteiger partial charge in [0.15, 0.2) is 0 Å². The van der Waals surface area contributed by atoms with E-state index in [1.165, 1.54) is 0 Å². The van der Waals surface area contributed by atoms with E-state index < -0.39 is 0 Å². The number of thioether (sulfide) groups is 1. The molecular weight excluding hydrogens is 378 g/mol. The lowest BCUT2D eigenvalue weighted by Crippen LogP contribution is -2.22. The predicted molar refractivity (Wildman–Crippen MR) is 101 cm³/mol. The van der Waals surface area contributed by atoms with Gasteiger partial charge in [-0.3, -0.25) is 4.79 Å². The highest BCUT2D eigenvalue weighted by Crippen LogP contribution is 2.22. The fourth-order valence-corrected chi connectivity index (χ4v) is 3.68. The van der Waals surface area contributed by atoms with Gasteiger partial charge in [-0.1, -0.05) is 22.8 Å². The third-order valence-corrected chi connectivity index (χ3v) is 5.49. The quantitative estimate of drug-likeness (QED) is 0.446. The topological polar surface area (TPSA) is 68.0 Å². The van der Waals surface area contributed by atoms with Gasteiger partial charge in [-0.2, -0.15) is 4.98 Å². The van der Waals surface area contributed by atoms with Crippen molar-refractivity contribution < 1.29 is 9.32 Å². The summed E-state index contributed by atoms with van der Waals surface area (Å²) in [5, 5.41) is 9.40. The van der Waals surface area contributed by atoms with Crippen LogP contribution in [0.4, 0.5) is 0 Å². The van der Waals surface area contributed by atoms with Crippen molar-refractivity contribution in [3.05, 3.63) is 52.7 Å². The largest absolute Gasteiger partial charge is 0.347 e. The number of carbonyl (C=O) groups excluding carboxylic acids is 1. The van der Waals surface area contributed by atoms with Gasteiger partial charge in [0.1, 0.15) is 0 Å². The molecule has 2 aromatic heterocycles. The maximum atomic E-state index is 11.9. The molecule has 0 saturated carbocycles. The normalized spacial score (nSPS) is 10.8. The summed E-state index contributed by atoms with van der Waals surface area (Å²) in [7, 11) is 0. The van der Waals surface area contributed by atoms with Crippen molar-refractivity contribution in [3.63, 3.8) is 0 Å². The molecule has 0 unspecified atom stereocenters. The zero-order valence-electron chi connectivity index (χ0n) is 13.3. The monoisotopic (exact) mass is 393 g/mol. The average molecular weight is 394 g/mol. The molecule has 1 amide bonds. The van der Waals surface area contributed by atoms with Gasteiger partial charge >= 0.3 is 0 Å². The summed E-state index contributed by atoms with van der Waals surface area (Å²) >= 11 is 9.10. The number of hydrogen-bond acceptors (Lipinski definition) is 6. The molecule has 130 valence electrons. The number of rotatable bonds is 8. The second kappa shape index (κ2) is 9.03. The van der Waals surface area contributed by atoms with Crippen LogP contribution in [-0.4, -0.2) is 21.8 Å². The molecule has 0 aliphatic rings. The lowest BCUT2D eigenvalue weighted by molar-refractivity contribution is -0.121. The molecule has 8 heteroatoms. The number of thiophene rings is 1. The first-order valence-corrected chi connectivity index (χ1v) is 9.96. The van der Waals surface area contributed by atoms with E-state index in [2.05, 4.69) is 15.5 Å². The summed E-state index contributed by atoms with van der Waals surface area (Å²) in [6.45, 7) is 0.252. The highest BCUT2D eigenvalue weighted by Gasteiger charge is 2.10. The lowest BCUT2D eigenvalue weighted by atomic mass is 10.3. The minimum atomic E-state index is -0.0208.